The molecular formula is C12H18N2O3. The monoisotopic (exact) mass is 238 g/mol. The fourth-order valence-electron chi connectivity index (χ4n) is 1.33. The first-order valence-electron chi connectivity index (χ1n) is 5.33. The molecule has 0 aromatic carbocycles. The van der Waals surface area contributed by atoms with Crippen LogP contribution >= 0.6 is 0 Å². The van der Waals surface area contributed by atoms with Gasteiger partial charge in [0, 0.05) is 6.20 Å². The normalized spacial score (nSPS) is 12.4. The van der Waals surface area contributed by atoms with Gasteiger partial charge in [0.05, 0.1) is 24.7 Å². The SMILES string of the molecule is COC(=O)C(C)(C)c1cnc(C(C)(C)O)cn1. The maximum Gasteiger partial charge on any atom is 0.317 e. The molecule has 0 spiro atoms. The Kier molecular flexibility index (Phi) is 3.52. The van der Waals surface area contributed by atoms with E-state index in [1.165, 1.54) is 19.5 Å². The van der Waals surface area contributed by atoms with E-state index in [2.05, 4.69) is 9.97 Å². The Labute approximate surface area is 101 Å². The molecule has 17 heavy (non-hydrogen) atoms. The first-order chi connectivity index (χ1) is 7.69. The molecule has 0 amide bonds. The fraction of sp³-hybridized carbons (Fsp3) is 0.583. The van der Waals surface area contributed by atoms with E-state index in [-0.39, 0.29) is 5.97 Å². The molecule has 1 aromatic heterocycles. The predicted octanol–water partition coefficient (Wildman–Crippen LogP) is 1.15. The Morgan fingerprint density at radius 1 is 1.18 bits per heavy atom. The Bertz CT molecular complexity index is 405. The number of carbonyl (C=O) groups is 1. The van der Waals surface area contributed by atoms with Crippen molar-refractivity contribution in [3.8, 4) is 0 Å². The lowest BCUT2D eigenvalue weighted by Crippen LogP contribution is -2.32. The number of nitrogens with zero attached hydrogens (tertiary/aromatic N) is 2. The van der Waals surface area contributed by atoms with Crippen molar-refractivity contribution in [3.05, 3.63) is 23.8 Å². The molecular weight excluding hydrogens is 220 g/mol. The summed E-state index contributed by atoms with van der Waals surface area (Å²) in [5.74, 6) is -0.372. The van der Waals surface area contributed by atoms with E-state index in [0.29, 0.717) is 11.4 Å². The summed E-state index contributed by atoms with van der Waals surface area (Å²) in [7, 11) is 1.34. The van der Waals surface area contributed by atoms with Gasteiger partial charge in [-0.2, -0.15) is 0 Å². The number of rotatable bonds is 3. The van der Waals surface area contributed by atoms with Crippen LogP contribution in [0.3, 0.4) is 0 Å². The van der Waals surface area contributed by atoms with Crippen molar-refractivity contribution in [2.75, 3.05) is 7.11 Å². The van der Waals surface area contributed by atoms with Crippen molar-refractivity contribution in [1.82, 2.24) is 9.97 Å². The molecule has 1 N–H and O–H groups in total. The molecule has 0 aliphatic heterocycles. The highest BCUT2D eigenvalue weighted by Crippen LogP contribution is 2.23. The second-order valence-corrected chi connectivity index (χ2v) is 4.96. The zero-order chi connectivity index (χ0) is 13.3. The summed E-state index contributed by atoms with van der Waals surface area (Å²) in [4.78, 5) is 19.9. The van der Waals surface area contributed by atoms with Crippen LogP contribution in [0.1, 0.15) is 39.1 Å². The summed E-state index contributed by atoms with van der Waals surface area (Å²) >= 11 is 0. The van der Waals surface area contributed by atoms with E-state index >= 15 is 0 Å². The molecule has 0 atom stereocenters. The lowest BCUT2D eigenvalue weighted by molar-refractivity contribution is -0.146. The molecule has 0 fully saturated rings. The van der Waals surface area contributed by atoms with E-state index < -0.39 is 11.0 Å². The summed E-state index contributed by atoms with van der Waals surface area (Å²) in [5, 5.41) is 9.74. The summed E-state index contributed by atoms with van der Waals surface area (Å²) in [6.45, 7) is 6.68. The number of hydrogen-bond donors (Lipinski definition) is 1. The molecule has 94 valence electrons. The van der Waals surface area contributed by atoms with Gasteiger partial charge in [0.2, 0.25) is 0 Å². The van der Waals surface area contributed by atoms with Crippen LogP contribution in [0.5, 0.6) is 0 Å². The van der Waals surface area contributed by atoms with Gasteiger partial charge < -0.3 is 9.84 Å². The van der Waals surface area contributed by atoms with Gasteiger partial charge in [-0.1, -0.05) is 0 Å². The first kappa shape index (κ1) is 13.6. The number of ether oxygens (including phenoxy) is 1. The predicted molar refractivity (Wildman–Crippen MR) is 62.3 cm³/mol. The summed E-state index contributed by atoms with van der Waals surface area (Å²) in [6.07, 6.45) is 2.96. The highest BCUT2D eigenvalue weighted by atomic mass is 16.5. The van der Waals surface area contributed by atoms with E-state index in [1.807, 2.05) is 0 Å². The van der Waals surface area contributed by atoms with Crippen molar-refractivity contribution in [2.24, 2.45) is 0 Å². The minimum Gasteiger partial charge on any atom is -0.468 e. The Morgan fingerprint density at radius 2 is 1.65 bits per heavy atom. The number of aromatic nitrogens is 2. The van der Waals surface area contributed by atoms with Crippen molar-refractivity contribution >= 4 is 5.97 Å². The number of methoxy groups -OCH3 is 1. The third-order valence-electron chi connectivity index (χ3n) is 2.61. The molecule has 1 aromatic rings. The van der Waals surface area contributed by atoms with Gasteiger partial charge in [0.15, 0.2) is 0 Å². The lowest BCUT2D eigenvalue weighted by Gasteiger charge is -2.22. The molecule has 0 radical (unpaired) electrons. The molecule has 1 heterocycles. The van der Waals surface area contributed by atoms with E-state index in [1.54, 1.807) is 27.7 Å². The van der Waals surface area contributed by atoms with Crippen LogP contribution in [0.2, 0.25) is 0 Å². The number of carbonyl (C=O) groups excluding carboxylic acids is 1. The summed E-state index contributed by atoms with van der Waals surface area (Å²) in [5.41, 5.74) is -0.917. The van der Waals surface area contributed by atoms with E-state index in [9.17, 15) is 9.90 Å². The average Bonchev–Trinajstić information content (AvgIpc) is 2.27. The quantitative estimate of drug-likeness (QED) is 0.800. The van der Waals surface area contributed by atoms with Crippen LogP contribution in [0.15, 0.2) is 12.4 Å². The standard InChI is InChI=1S/C12H18N2O3/c1-11(2,10(15)17-5)8-6-14-9(7-13-8)12(3,4)16/h6-7,16H,1-5H3. The lowest BCUT2D eigenvalue weighted by atomic mass is 9.89. The van der Waals surface area contributed by atoms with Gasteiger partial charge in [-0.05, 0) is 27.7 Å². The highest BCUT2D eigenvalue weighted by molar-refractivity contribution is 5.81. The Morgan fingerprint density at radius 3 is 2.00 bits per heavy atom. The molecule has 0 saturated carbocycles. The van der Waals surface area contributed by atoms with Crippen molar-refractivity contribution in [2.45, 2.75) is 38.7 Å². The van der Waals surface area contributed by atoms with Gasteiger partial charge >= 0.3 is 5.97 Å². The molecule has 0 aliphatic carbocycles. The van der Waals surface area contributed by atoms with Crippen LogP contribution in [-0.4, -0.2) is 28.2 Å². The van der Waals surface area contributed by atoms with Crippen molar-refractivity contribution in [1.29, 1.82) is 0 Å². The topological polar surface area (TPSA) is 72.3 Å². The number of hydrogen-bond acceptors (Lipinski definition) is 5. The average molecular weight is 238 g/mol. The third-order valence-corrected chi connectivity index (χ3v) is 2.61. The summed E-state index contributed by atoms with van der Waals surface area (Å²) < 4.78 is 4.71. The van der Waals surface area contributed by atoms with E-state index in [0.717, 1.165) is 0 Å². The number of esters is 1. The maximum atomic E-state index is 11.6. The zero-order valence-corrected chi connectivity index (χ0v) is 10.8. The molecule has 5 nitrogen and oxygen atoms in total. The van der Waals surface area contributed by atoms with Crippen molar-refractivity contribution in [3.63, 3.8) is 0 Å². The second-order valence-electron chi connectivity index (χ2n) is 4.96. The van der Waals surface area contributed by atoms with Crippen LogP contribution in [0, 0.1) is 0 Å². The maximum absolute atomic E-state index is 11.6. The molecule has 0 unspecified atom stereocenters. The highest BCUT2D eigenvalue weighted by Gasteiger charge is 2.33. The van der Waals surface area contributed by atoms with E-state index in [4.69, 9.17) is 4.74 Å². The van der Waals surface area contributed by atoms with Gasteiger partial charge in [-0.25, -0.2) is 0 Å². The van der Waals surface area contributed by atoms with Gasteiger partial charge in [-0.3, -0.25) is 14.8 Å². The van der Waals surface area contributed by atoms with Crippen LogP contribution in [-0.2, 0) is 20.5 Å². The molecule has 1 rings (SSSR count). The molecule has 0 aliphatic rings. The number of aliphatic hydroxyl groups is 1. The van der Waals surface area contributed by atoms with Gasteiger partial charge in [0.25, 0.3) is 0 Å². The van der Waals surface area contributed by atoms with Crippen LogP contribution in [0.4, 0.5) is 0 Å². The summed E-state index contributed by atoms with van der Waals surface area (Å²) in [6, 6.07) is 0. The molecule has 5 heteroatoms. The van der Waals surface area contributed by atoms with Gasteiger partial charge in [0.1, 0.15) is 11.0 Å². The Hall–Kier alpha value is -1.49. The largest absolute Gasteiger partial charge is 0.468 e. The fourth-order valence-corrected chi connectivity index (χ4v) is 1.33. The Balaban J connectivity index is 3.07. The second kappa shape index (κ2) is 4.41. The minimum atomic E-state index is -1.04. The zero-order valence-electron chi connectivity index (χ0n) is 10.8. The van der Waals surface area contributed by atoms with Crippen molar-refractivity contribution < 1.29 is 14.6 Å². The first-order valence-corrected chi connectivity index (χ1v) is 5.33. The molecule has 0 saturated heterocycles. The smallest absolute Gasteiger partial charge is 0.317 e. The molecule has 0 bridgehead atoms. The van der Waals surface area contributed by atoms with Gasteiger partial charge in [-0.15, -0.1) is 0 Å². The van der Waals surface area contributed by atoms with Crippen LogP contribution < -0.4 is 0 Å². The third kappa shape index (κ3) is 2.79. The minimum absolute atomic E-state index is 0.372. The van der Waals surface area contributed by atoms with Crippen LogP contribution in [0.25, 0.3) is 0 Å².